The maximum atomic E-state index is 14.1. The first-order chi connectivity index (χ1) is 12.5. The summed E-state index contributed by atoms with van der Waals surface area (Å²) in [5.74, 6) is -0.161. The van der Waals surface area contributed by atoms with Crippen molar-refractivity contribution in [2.45, 2.75) is 25.8 Å². The van der Waals surface area contributed by atoms with Crippen LogP contribution in [0.5, 0.6) is 0 Å². The summed E-state index contributed by atoms with van der Waals surface area (Å²) in [5.41, 5.74) is 4.37. The average Bonchev–Trinajstić information content (AvgIpc) is 3.11. The molecule has 1 aromatic heterocycles. The molecule has 0 radical (unpaired) electrons. The number of rotatable bonds is 3. The Morgan fingerprint density at radius 2 is 1.73 bits per heavy atom. The normalized spacial score (nSPS) is 16.0. The van der Waals surface area contributed by atoms with Gasteiger partial charge >= 0.3 is 0 Å². The van der Waals surface area contributed by atoms with E-state index in [1.807, 2.05) is 25.3 Å². The summed E-state index contributed by atoms with van der Waals surface area (Å²) in [5, 5.41) is 0.683. The molecule has 0 aliphatic carbocycles. The molecule has 4 heteroatoms. The predicted octanol–water partition coefficient (Wildman–Crippen LogP) is 4.61. The molecule has 4 rings (SSSR count). The highest BCUT2D eigenvalue weighted by molar-refractivity contribution is 5.85. The fourth-order valence-electron chi connectivity index (χ4n) is 4.09. The molecule has 136 valence electrons. The van der Waals surface area contributed by atoms with Crippen molar-refractivity contribution in [3.63, 3.8) is 0 Å². The molecule has 0 N–H and O–H groups in total. The van der Waals surface area contributed by atoms with Gasteiger partial charge in [0.25, 0.3) is 0 Å². The first-order valence-electron chi connectivity index (χ1n) is 9.32. The lowest BCUT2D eigenvalue weighted by Gasteiger charge is -2.36. The SMILES string of the molecule is Cc1ccc(F)c2ccn(-c3cccc(N4CCC(N(C)C)CC4)c3)c12. The topological polar surface area (TPSA) is 11.4 Å². The summed E-state index contributed by atoms with van der Waals surface area (Å²) < 4.78 is 16.2. The number of aromatic nitrogens is 1. The molecule has 0 bridgehead atoms. The summed E-state index contributed by atoms with van der Waals surface area (Å²) in [7, 11) is 4.33. The van der Waals surface area contributed by atoms with Crippen molar-refractivity contribution < 1.29 is 4.39 Å². The Balaban J connectivity index is 1.66. The minimum Gasteiger partial charge on any atom is -0.371 e. The van der Waals surface area contributed by atoms with Crippen molar-refractivity contribution in [2.75, 3.05) is 32.1 Å². The van der Waals surface area contributed by atoms with E-state index in [-0.39, 0.29) is 5.82 Å². The largest absolute Gasteiger partial charge is 0.371 e. The highest BCUT2D eigenvalue weighted by Gasteiger charge is 2.21. The number of piperidine rings is 1. The van der Waals surface area contributed by atoms with Crippen LogP contribution in [0.1, 0.15) is 18.4 Å². The Hall–Kier alpha value is -2.33. The van der Waals surface area contributed by atoms with Crippen molar-refractivity contribution in [3.05, 3.63) is 60.0 Å². The van der Waals surface area contributed by atoms with E-state index in [0.29, 0.717) is 11.4 Å². The van der Waals surface area contributed by atoms with Crippen molar-refractivity contribution in [2.24, 2.45) is 0 Å². The van der Waals surface area contributed by atoms with Gasteiger partial charge in [-0.2, -0.15) is 0 Å². The van der Waals surface area contributed by atoms with Crippen LogP contribution in [0.3, 0.4) is 0 Å². The molecular weight excluding hydrogens is 325 g/mol. The van der Waals surface area contributed by atoms with Crippen LogP contribution < -0.4 is 4.90 Å². The third-order valence-corrected chi connectivity index (χ3v) is 5.66. The standard InChI is InChI=1S/C22H26FN3/c1-16-7-8-21(23)20-11-14-26(22(16)20)19-6-4-5-18(15-19)25-12-9-17(10-13-25)24(2)3/h4-8,11,14-15,17H,9-10,12-13H2,1-3H3. The van der Waals surface area contributed by atoms with E-state index in [2.05, 4.69) is 52.7 Å². The van der Waals surface area contributed by atoms with Crippen molar-refractivity contribution in [1.29, 1.82) is 0 Å². The zero-order valence-corrected chi connectivity index (χ0v) is 15.7. The zero-order valence-electron chi connectivity index (χ0n) is 15.7. The Kier molecular flexibility index (Phi) is 4.45. The molecule has 0 spiro atoms. The molecular formula is C22H26FN3. The third-order valence-electron chi connectivity index (χ3n) is 5.66. The number of hydrogen-bond acceptors (Lipinski definition) is 2. The van der Waals surface area contributed by atoms with E-state index in [0.717, 1.165) is 29.9 Å². The van der Waals surface area contributed by atoms with E-state index >= 15 is 0 Å². The van der Waals surface area contributed by atoms with Gasteiger partial charge in [0.05, 0.1) is 5.52 Å². The van der Waals surface area contributed by atoms with Gasteiger partial charge in [-0.1, -0.05) is 12.1 Å². The molecule has 0 atom stereocenters. The molecule has 2 heterocycles. The minimum atomic E-state index is -0.161. The first kappa shape index (κ1) is 17.1. The molecule has 1 saturated heterocycles. The molecule has 3 nitrogen and oxygen atoms in total. The molecule has 26 heavy (non-hydrogen) atoms. The van der Waals surface area contributed by atoms with Crippen LogP contribution in [0.15, 0.2) is 48.7 Å². The number of fused-ring (bicyclic) bond motifs is 1. The van der Waals surface area contributed by atoms with Gasteiger partial charge in [0.2, 0.25) is 0 Å². The van der Waals surface area contributed by atoms with Crippen LogP contribution >= 0.6 is 0 Å². The lowest BCUT2D eigenvalue weighted by Crippen LogP contribution is -2.42. The van der Waals surface area contributed by atoms with Gasteiger partial charge in [-0.05, 0) is 69.8 Å². The van der Waals surface area contributed by atoms with E-state index < -0.39 is 0 Å². The maximum absolute atomic E-state index is 14.1. The number of nitrogens with zero attached hydrogens (tertiary/aromatic N) is 3. The number of halogens is 1. The van der Waals surface area contributed by atoms with Crippen LogP contribution in [0.2, 0.25) is 0 Å². The van der Waals surface area contributed by atoms with E-state index in [9.17, 15) is 4.39 Å². The Morgan fingerprint density at radius 3 is 2.46 bits per heavy atom. The van der Waals surface area contributed by atoms with Gasteiger partial charge < -0.3 is 14.4 Å². The zero-order chi connectivity index (χ0) is 18.3. The summed E-state index contributed by atoms with van der Waals surface area (Å²) in [4.78, 5) is 4.79. The second-order valence-corrected chi connectivity index (χ2v) is 7.51. The molecule has 1 aliphatic rings. The van der Waals surface area contributed by atoms with Gasteiger partial charge in [-0.15, -0.1) is 0 Å². The number of anilines is 1. The summed E-state index contributed by atoms with van der Waals surface area (Å²) in [6.07, 6.45) is 4.35. The van der Waals surface area contributed by atoms with Gasteiger partial charge in [-0.25, -0.2) is 4.39 Å². The van der Waals surface area contributed by atoms with E-state index in [1.54, 1.807) is 6.07 Å². The van der Waals surface area contributed by atoms with Gasteiger partial charge in [-0.3, -0.25) is 0 Å². The second kappa shape index (κ2) is 6.76. The molecule has 0 unspecified atom stereocenters. The Labute approximate surface area is 154 Å². The Bertz CT molecular complexity index is 920. The highest BCUT2D eigenvalue weighted by atomic mass is 19.1. The van der Waals surface area contributed by atoms with Gasteiger partial charge in [0, 0.05) is 42.1 Å². The van der Waals surface area contributed by atoms with Crippen LogP contribution in [-0.2, 0) is 0 Å². The van der Waals surface area contributed by atoms with Gasteiger partial charge in [0.15, 0.2) is 0 Å². The second-order valence-electron chi connectivity index (χ2n) is 7.51. The molecule has 0 amide bonds. The first-order valence-corrected chi connectivity index (χ1v) is 9.32. The van der Waals surface area contributed by atoms with Gasteiger partial charge in [0.1, 0.15) is 5.82 Å². The van der Waals surface area contributed by atoms with E-state index in [4.69, 9.17) is 0 Å². The van der Waals surface area contributed by atoms with Crippen LogP contribution in [0.25, 0.3) is 16.6 Å². The molecule has 1 fully saturated rings. The quantitative estimate of drug-likeness (QED) is 0.683. The number of benzene rings is 2. The van der Waals surface area contributed by atoms with E-state index in [1.165, 1.54) is 18.5 Å². The summed E-state index contributed by atoms with van der Waals surface area (Å²) in [6.45, 7) is 4.19. The van der Waals surface area contributed by atoms with Crippen LogP contribution in [-0.4, -0.2) is 42.7 Å². The minimum absolute atomic E-state index is 0.161. The highest BCUT2D eigenvalue weighted by Crippen LogP contribution is 2.29. The molecule has 0 saturated carbocycles. The molecule has 1 aliphatic heterocycles. The number of aryl methyl sites for hydroxylation is 1. The number of hydrogen-bond donors (Lipinski definition) is 0. The monoisotopic (exact) mass is 351 g/mol. The third kappa shape index (κ3) is 2.99. The van der Waals surface area contributed by atoms with Crippen LogP contribution in [0, 0.1) is 12.7 Å². The Morgan fingerprint density at radius 1 is 1.00 bits per heavy atom. The predicted molar refractivity (Wildman–Crippen MR) is 107 cm³/mol. The smallest absolute Gasteiger partial charge is 0.132 e. The van der Waals surface area contributed by atoms with Crippen molar-refractivity contribution in [3.8, 4) is 5.69 Å². The average molecular weight is 351 g/mol. The lowest BCUT2D eigenvalue weighted by atomic mass is 10.0. The van der Waals surface area contributed by atoms with Crippen molar-refractivity contribution >= 4 is 16.6 Å². The summed E-state index contributed by atoms with van der Waals surface area (Å²) >= 11 is 0. The van der Waals surface area contributed by atoms with Crippen molar-refractivity contribution in [1.82, 2.24) is 9.47 Å². The van der Waals surface area contributed by atoms with Crippen LogP contribution in [0.4, 0.5) is 10.1 Å². The molecule has 2 aromatic carbocycles. The molecule has 3 aromatic rings. The lowest BCUT2D eigenvalue weighted by molar-refractivity contribution is 0.249. The fourth-order valence-corrected chi connectivity index (χ4v) is 4.09. The maximum Gasteiger partial charge on any atom is 0.132 e. The summed E-state index contributed by atoms with van der Waals surface area (Å²) in [6, 6.07) is 14.5. The fraction of sp³-hybridized carbons (Fsp3) is 0.364.